The van der Waals surface area contributed by atoms with Crippen LogP contribution in [0.3, 0.4) is 0 Å². The second-order valence-corrected chi connectivity index (χ2v) is 11.5. The molecule has 2 aliphatic carbocycles. The van der Waals surface area contributed by atoms with Crippen LogP contribution in [0, 0.1) is 48.7 Å². The van der Waals surface area contributed by atoms with E-state index in [2.05, 4.69) is 24.1 Å². The molecule has 2 saturated carbocycles. The molecule has 204 valence electrons. The van der Waals surface area contributed by atoms with E-state index in [0.29, 0.717) is 16.9 Å². The van der Waals surface area contributed by atoms with Crippen LogP contribution in [0.1, 0.15) is 62.3 Å². The zero-order valence-electron chi connectivity index (χ0n) is 22.4. The Hall–Kier alpha value is -3.29. The molecule has 1 heterocycles. The Bertz CT molecular complexity index is 1210. The first-order chi connectivity index (χ1) is 17.9. The van der Waals surface area contributed by atoms with E-state index in [1.807, 2.05) is 32.0 Å². The number of carboxylic acid groups (broad SMARTS) is 1. The molecule has 5 rings (SSSR count). The molecule has 38 heavy (non-hydrogen) atoms. The minimum Gasteiger partial charge on any atom is -0.481 e. The number of aliphatic carboxylic acids is 1. The van der Waals surface area contributed by atoms with Gasteiger partial charge in [-0.05, 0) is 84.2 Å². The number of hydrogen-bond acceptors (Lipinski definition) is 3. The first-order valence-electron chi connectivity index (χ1n) is 13.2. The van der Waals surface area contributed by atoms with Crippen molar-refractivity contribution in [2.45, 2.75) is 59.4 Å². The number of piperidine rings is 1. The van der Waals surface area contributed by atoms with Gasteiger partial charge >= 0.3 is 5.97 Å². The number of carbonyl (C=O) groups is 3. The minimum absolute atomic E-state index is 0.192. The summed E-state index contributed by atoms with van der Waals surface area (Å²) in [6, 6.07) is 6.86. The van der Waals surface area contributed by atoms with Crippen molar-refractivity contribution in [3.63, 3.8) is 0 Å². The van der Waals surface area contributed by atoms with Crippen molar-refractivity contribution in [3.8, 4) is 11.1 Å². The van der Waals surface area contributed by atoms with E-state index in [0.717, 1.165) is 60.0 Å². The Kier molecular flexibility index (Phi) is 7.90. The third kappa shape index (κ3) is 5.89. The topological polar surface area (TPSA) is 86.7 Å². The number of halogens is 2. The molecule has 1 saturated heterocycles. The van der Waals surface area contributed by atoms with Crippen LogP contribution in [-0.2, 0) is 14.4 Å². The molecule has 2 aromatic rings. The maximum atomic E-state index is 14.2. The zero-order chi connectivity index (χ0) is 27.8. The molecular formula is C30H36F2N2O4. The number of nitrogens with one attached hydrogen (secondary N) is 1. The largest absolute Gasteiger partial charge is 0.481 e. The third-order valence-corrected chi connectivity index (χ3v) is 8.48. The number of amides is 2. The summed E-state index contributed by atoms with van der Waals surface area (Å²) in [5.41, 5.74) is 3.29. The van der Waals surface area contributed by atoms with E-state index in [1.54, 1.807) is 0 Å². The van der Waals surface area contributed by atoms with Crippen molar-refractivity contribution in [2.75, 3.05) is 13.1 Å². The normalized spacial score (nSPS) is 21.6. The van der Waals surface area contributed by atoms with Gasteiger partial charge in [0.15, 0.2) is 11.6 Å². The number of nitrogens with zero attached hydrogens (tertiary/aromatic N) is 1. The molecule has 0 spiro atoms. The number of carboxylic acids is 1. The van der Waals surface area contributed by atoms with Crippen molar-refractivity contribution in [1.29, 1.82) is 0 Å². The first-order valence-corrected chi connectivity index (χ1v) is 13.2. The molecule has 3 atom stereocenters. The van der Waals surface area contributed by atoms with Gasteiger partial charge in [-0.15, -0.1) is 0 Å². The lowest BCUT2D eigenvalue weighted by Gasteiger charge is -2.22. The smallest absolute Gasteiger partial charge is 0.305 e. The predicted octanol–water partition coefficient (Wildman–Crippen LogP) is 5.41. The van der Waals surface area contributed by atoms with Gasteiger partial charge in [-0.2, -0.15) is 0 Å². The predicted molar refractivity (Wildman–Crippen MR) is 140 cm³/mol. The maximum Gasteiger partial charge on any atom is 0.305 e. The van der Waals surface area contributed by atoms with Gasteiger partial charge < -0.3 is 15.3 Å². The molecule has 8 heteroatoms. The first kappa shape index (κ1) is 27.7. The van der Waals surface area contributed by atoms with Crippen molar-refractivity contribution >= 4 is 18.3 Å². The van der Waals surface area contributed by atoms with Gasteiger partial charge in [0.25, 0.3) is 0 Å². The minimum atomic E-state index is -1.23. The molecule has 2 N–H and O–H groups in total. The fourth-order valence-electron chi connectivity index (χ4n) is 5.83. The summed E-state index contributed by atoms with van der Waals surface area (Å²) < 4.78 is 28.3. The number of fused-ring (bicyclic) bond motifs is 1. The Morgan fingerprint density at radius 2 is 1.74 bits per heavy atom. The molecule has 3 unspecified atom stereocenters. The van der Waals surface area contributed by atoms with E-state index in [4.69, 9.17) is 5.11 Å². The molecular weight excluding hydrogens is 490 g/mol. The van der Waals surface area contributed by atoms with Gasteiger partial charge in [-0.3, -0.25) is 14.4 Å². The van der Waals surface area contributed by atoms with Gasteiger partial charge in [-0.25, -0.2) is 8.78 Å². The molecule has 1 aliphatic heterocycles. The number of benzene rings is 2. The average Bonchev–Trinajstić information content (AvgIpc) is 3.66. The quantitative estimate of drug-likeness (QED) is 0.451. The summed E-state index contributed by atoms with van der Waals surface area (Å²) in [7, 11) is 0. The molecule has 2 amide bonds. The van der Waals surface area contributed by atoms with Gasteiger partial charge in [-0.1, -0.05) is 32.0 Å². The number of rotatable bonds is 8. The number of likely N-dealkylation sites (tertiary alicyclic amines) is 1. The molecule has 3 aliphatic rings. The third-order valence-electron chi connectivity index (χ3n) is 8.48. The highest BCUT2D eigenvalue weighted by molar-refractivity contribution is 5.77. The van der Waals surface area contributed by atoms with E-state index < -0.39 is 30.1 Å². The Morgan fingerprint density at radius 1 is 1.13 bits per heavy atom. The van der Waals surface area contributed by atoms with Gasteiger partial charge in [0, 0.05) is 25.1 Å². The van der Waals surface area contributed by atoms with Crippen molar-refractivity contribution in [3.05, 3.63) is 58.7 Å². The molecule has 0 radical (unpaired) electrons. The van der Waals surface area contributed by atoms with Crippen LogP contribution in [0.5, 0.6) is 0 Å². The van der Waals surface area contributed by atoms with E-state index >= 15 is 0 Å². The van der Waals surface area contributed by atoms with Crippen molar-refractivity contribution in [2.24, 2.45) is 23.2 Å². The van der Waals surface area contributed by atoms with E-state index in [-0.39, 0.29) is 12.0 Å². The summed E-state index contributed by atoms with van der Waals surface area (Å²) >= 11 is 0. The molecule has 3 fully saturated rings. The van der Waals surface area contributed by atoms with Gasteiger partial charge in [0.05, 0.1) is 12.5 Å². The summed E-state index contributed by atoms with van der Waals surface area (Å²) in [6.45, 7) is 10.5. The SMILES string of the molecule is CC1(C)C2CN(C(=O)CC3CC3)CC21.Cc1cccc(C)c1-c1cc(F)c(F)c(C(CC(=O)O)NC=O)c1. The van der Waals surface area contributed by atoms with Crippen LogP contribution < -0.4 is 5.32 Å². The van der Waals surface area contributed by atoms with Gasteiger partial charge in [0.2, 0.25) is 12.3 Å². The number of aryl methyl sites for hydroxylation is 2. The molecule has 0 aromatic heterocycles. The number of hydrogen-bond donors (Lipinski definition) is 2. The van der Waals surface area contributed by atoms with Crippen LogP contribution in [-0.4, -0.2) is 41.4 Å². The second-order valence-electron chi connectivity index (χ2n) is 11.5. The lowest BCUT2D eigenvalue weighted by molar-refractivity contribution is -0.137. The summed E-state index contributed by atoms with van der Waals surface area (Å²) in [6.07, 6.45) is 3.14. The Morgan fingerprint density at radius 3 is 2.26 bits per heavy atom. The monoisotopic (exact) mass is 526 g/mol. The molecule has 6 nitrogen and oxygen atoms in total. The summed E-state index contributed by atoms with van der Waals surface area (Å²) in [4.78, 5) is 35.6. The zero-order valence-corrected chi connectivity index (χ0v) is 22.4. The Labute approximate surface area is 222 Å². The number of carbonyl (C=O) groups excluding carboxylic acids is 2. The average molecular weight is 527 g/mol. The van der Waals surface area contributed by atoms with Crippen molar-refractivity contribution in [1.82, 2.24) is 10.2 Å². The van der Waals surface area contributed by atoms with E-state index in [9.17, 15) is 23.2 Å². The fraction of sp³-hybridized carbons (Fsp3) is 0.500. The standard InChI is InChI=1S/C18H17F2NO3.C12H19NO/c1-10-4-3-5-11(2)17(10)12-6-13(18(20)14(19)7-12)15(21-9-22)8-16(23)24;1-12(2)9-6-13(7-10(9)12)11(14)5-8-3-4-8/h3-7,9,15H,8H2,1-2H3,(H,21,22)(H,23,24);8-10H,3-7H2,1-2H3. The lowest BCUT2D eigenvalue weighted by Crippen LogP contribution is -2.32. The maximum absolute atomic E-state index is 14.2. The van der Waals surface area contributed by atoms with Crippen LogP contribution in [0.2, 0.25) is 0 Å². The van der Waals surface area contributed by atoms with Gasteiger partial charge in [0.1, 0.15) is 0 Å². The van der Waals surface area contributed by atoms with E-state index in [1.165, 1.54) is 18.9 Å². The highest BCUT2D eigenvalue weighted by atomic mass is 19.2. The summed E-state index contributed by atoms with van der Waals surface area (Å²) in [5, 5.41) is 11.2. The summed E-state index contributed by atoms with van der Waals surface area (Å²) in [5.74, 6) is -0.690. The van der Waals surface area contributed by atoms with Crippen LogP contribution >= 0.6 is 0 Å². The highest BCUT2D eigenvalue weighted by Crippen LogP contribution is 2.62. The lowest BCUT2D eigenvalue weighted by atomic mass is 9.92. The van der Waals surface area contributed by atoms with Crippen LogP contribution in [0.15, 0.2) is 30.3 Å². The van der Waals surface area contributed by atoms with Crippen molar-refractivity contribution < 1.29 is 28.3 Å². The van der Waals surface area contributed by atoms with Crippen LogP contribution in [0.4, 0.5) is 8.78 Å². The molecule has 2 aromatic carbocycles. The highest BCUT2D eigenvalue weighted by Gasteiger charge is 2.62. The fourth-order valence-corrected chi connectivity index (χ4v) is 5.83. The van der Waals surface area contributed by atoms with Crippen LogP contribution in [0.25, 0.3) is 11.1 Å². The second kappa shape index (κ2) is 10.8. The molecule has 0 bridgehead atoms. The Balaban J connectivity index is 0.000000201.